The second kappa shape index (κ2) is 8.05. The summed E-state index contributed by atoms with van der Waals surface area (Å²) in [6.45, 7) is 6.88. The highest BCUT2D eigenvalue weighted by Crippen LogP contribution is 2.19. The van der Waals surface area contributed by atoms with E-state index >= 15 is 0 Å². The fraction of sp³-hybridized carbons (Fsp3) is 0.533. The van der Waals surface area contributed by atoms with E-state index in [0.717, 1.165) is 6.42 Å². The molecule has 1 N–H and O–H groups in total. The molecule has 3 nitrogen and oxygen atoms in total. The third-order valence-corrected chi connectivity index (χ3v) is 2.99. The van der Waals surface area contributed by atoms with Crippen molar-refractivity contribution in [3.63, 3.8) is 0 Å². The molecule has 0 radical (unpaired) electrons. The summed E-state index contributed by atoms with van der Waals surface area (Å²) in [4.78, 5) is 12.0. The van der Waals surface area contributed by atoms with Crippen LogP contribution in [-0.2, 0) is 4.79 Å². The molecular formula is C15H22ClNO2. The van der Waals surface area contributed by atoms with Crippen molar-refractivity contribution in [3.8, 4) is 5.75 Å². The zero-order valence-corrected chi connectivity index (χ0v) is 12.5. The normalized spacial score (nSPS) is 12.3. The van der Waals surface area contributed by atoms with Crippen LogP contribution in [-0.4, -0.2) is 18.6 Å². The van der Waals surface area contributed by atoms with Gasteiger partial charge in [-0.2, -0.15) is 0 Å². The van der Waals surface area contributed by atoms with Crippen molar-refractivity contribution in [2.75, 3.05) is 6.54 Å². The third kappa shape index (κ3) is 5.97. The van der Waals surface area contributed by atoms with Gasteiger partial charge in [-0.15, -0.1) is 0 Å². The molecule has 0 aliphatic heterocycles. The molecule has 4 heteroatoms. The monoisotopic (exact) mass is 283 g/mol. The number of halogens is 1. The highest BCUT2D eigenvalue weighted by Gasteiger charge is 2.17. The van der Waals surface area contributed by atoms with Crippen molar-refractivity contribution in [2.24, 2.45) is 5.92 Å². The number of amides is 1. The lowest BCUT2D eigenvalue weighted by Gasteiger charge is -2.17. The largest absolute Gasteiger partial charge is 0.481 e. The average Bonchev–Trinajstić information content (AvgIpc) is 2.35. The lowest BCUT2D eigenvalue weighted by atomic mass is 10.1. The van der Waals surface area contributed by atoms with E-state index in [-0.39, 0.29) is 5.91 Å². The SMILES string of the molecule is CC[C@@H](Oc1cccc(Cl)c1)C(=O)NCCC(C)C. The predicted molar refractivity (Wildman–Crippen MR) is 78.6 cm³/mol. The Morgan fingerprint density at radius 1 is 1.42 bits per heavy atom. The zero-order valence-electron chi connectivity index (χ0n) is 11.8. The second-order valence-corrected chi connectivity index (χ2v) is 5.38. The molecule has 19 heavy (non-hydrogen) atoms. The average molecular weight is 284 g/mol. The van der Waals surface area contributed by atoms with Crippen molar-refractivity contribution in [1.29, 1.82) is 0 Å². The number of rotatable bonds is 7. The first kappa shape index (κ1) is 15.8. The van der Waals surface area contributed by atoms with E-state index in [2.05, 4.69) is 19.2 Å². The molecule has 0 fully saturated rings. The van der Waals surface area contributed by atoms with Crippen LogP contribution in [0, 0.1) is 5.92 Å². The summed E-state index contributed by atoms with van der Waals surface area (Å²) in [5, 5.41) is 3.51. The molecule has 0 saturated carbocycles. The Hall–Kier alpha value is -1.22. The maximum atomic E-state index is 12.0. The van der Waals surface area contributed by atoms with E-state index in [1.54, 1.807) is 24.3 Å². The summed E-state index contributed by atoms with van der Waals surface area (Å²) >= 11 is 5.89. The molecule has 0 spiro atoms. The van der Waals surface area contributed by atoms with Gasteiger partial charge in [0.2, 0.25) is 0 Å². The Morgan fingerprint density at radius 3 is 2.74 bits per heavy atom. The summed E-state index contributed by atoms with van der Waals surface area (Å²) in [6, 6.07) is 7.10. The highest BCUT2D eigenvalue weighted by molar-refractivity contribution is 6.30. The molecule has 0 aliphatic rings. The summed E-state index contributed by atoms with van der Waals surface area (Å²) < 4.78 is 5.67. The molecule has 1 amide bonds. The van der Waals surface area contributed by atoms with Crippen LogP contribution in [0.1, 0.15) is 33.6 Å². The molecule has 0 heterocycles. The molecule has 0 unspecified atom stereocenters. The topological polar surface area (TPSA) is 38.3 Å². The Morgan fingerprint density at radius 2 is 2.16 bits per heavy atom. The van der Waals surface area contributed by atoms with Gasteiger partial charge in [-0.05, 0) is 37.0 Å². The maximum absolute atomic E-state index is 12.0. The number of ether oxygens (including phenoxy) is 1. The fourth-order valence-corrected chi connectivity index (χ4v) is 1.80. The molecule has 0 aromatic heterocycles. The van der Waals surface area contributed by atoms with Gasteiger partial charge in [0.15, 0.2) is 6.10 Å². The number of nitrogens with one attached hydrogen (secondary N) is 1. The van der Waals surface area contributed by atoms with Crippen LogP contribution < -0.4 is 10.1 Å². The minimum atomic E-state index is -0.467. The summed E-state index contributed by atoms with van der Waals surface area (Å²) in [5.74, 6) is 1.13. The number of carbonyl (C=O) groups is 1. The van der Waals surface area contributed by atoms with Crippen LogP contribution in [0.25, 0.3) is 0 Å². The highest BCUT2D eigenvalue weighted by atomic mass is 35.5. The Balaban J connectivity index is 2.50. The Labute approximate surface area is 120 Å². The smallest absolute Gasteiger partial charge is 0.261 e. The van der Waals surface area contributed by atoms with Crippen molar-refractivity contribution in [2.45, 2.75) is 39.7 Å². The van der Waals surface area contributed by atoms with Crippen LogP contribution >= 0.6 is 11.6 Å². The van der Waals surface area contributed by atoms with Gasteiger partial charge >= 0.3 is 0 Å². The predicted octanol–water partition coefficient (Wildman–Crippen LogP) is 3.66. The Kier molecular flexibility index (Phi) is 6.71. The first-order chi connectivity index (χ1) is 9.02. The van der Waals surface area contributed by atoms with E-state index in [1.165, 1.54) is 0 Å². The van der Waals surface area contributed by atoms with E-state index in [9.17, 15) is 4.79 Å². The molecule has 0 aliphatic carbocycles. The summed E-state index contributed by atoms with van der Waals surface area (Å²) in [7, 11) is 0. The maximum Gasteiger partial charge on any atom is 0.261 e. The first-order valence-corrected chi connectivity index (χ1v) is 7.10. The molecule has 0 bridgehead atoms. The van der Waals surface area contributed by atoms with E-state index in [4.69, 9.17) is 16.3 Å². The van der Waals surface area contributed by atoms with Crippen LogP contribution in [0.5, 0.6) is 5.75 Å². The zero-order chi connectivity index (χ0) is 14.3. The van der Waals surface area contributed by atoms with Gasteiger partial charge in [0.05, 0.1) is 0 Å². The van der Waals surface area contributed by atoms with Gasteiger partial charge in [-0.3, -0.25) is 4.79 Å². The van der Waals surface area contributed by atoms with Crippen LogP contribution in [0.4, 0.5) is 0 Å². The van der Waals surface area contributed by atoms with Gasteiger partial charge in [0, 0.05) is 11.6 Å². The van der Waals surface area contributed by atoms with Gasteiger partial charge in [0.1, 0.15) is 5.75 Å². The third-order valence-electron chi connectivity index (χ3n) is 2.76. The molecule has 1 atom stereocenters. The molecule has 0 saturated heterocycles. The molecule has 1 aromatic rings. The van der Waals surface area contributed by atoms with Gasteiger partial charge in [0.25, 0.3) is 5.91 Å². The van der Waals surface area contributed by atoms with Crippen LogP contribution in [0.15, 0.2) is 24.3 Å². The van der Waals surface area contributed by atoms with Crippen molar-refractivity contribution < 1.29 is 9.53 Å². The van der Waals surface area contributed by atoms with Crippen molar-refractivity contribution in [1.82, 2.24) is 5.32 Å². The molecular weight excluding hydrogens is 262 g/mol. The van der Waals surface area contributed by atoms with Gasteiger partial charge in [-0.25, -0.2) is 0 Å². The number of hydrogen-bond acceptors (Lipinski definition) is 2. The van der Waals surface area contributed by atoms with E-state index in [1.807, 2.05) is 6.92 Å². The van der Waals surface area contributed by atoms with Crippen LogP contribution in [0.3, 0.4) is 0 Å². The van der Waals surface area contributed by atoms with Crippen LogP contribution in [0.2, 0.25) is 5.02 Å². The summed E-state index contributed by atoms with van der Waals surface area (Å²) in [5.41, 5.74) is 0. The number of hydrogen-bond donors (Lipinski definition) is 1. The van der Waals surface area contributed by atoms with Gasteiger partial charge < -0.3 is 10.1 Å². The van der Waals surface area contributed by atoms with E-state index < -0.39 is 6.10 Å². The minimum Gasteiger partial charge on any atom is -0.481 e. The Bertz CT molecular complexity index is 407. The quantitative estimate of drug-likeness (QED) is 0.829. The van der Waals surface area contributed by atoms with Gasteiger partial charge in [-0.1, -0.05) is 38.4 Å². The first-order valence-electron chi connectivity index (χ1n) is 6.72. The number of carbonyl (C=O) groups excluding carboxylic acids is 1. The number of benzene rings is 1. The van der Waals surface area contributed by atoms with E-state index in [0.29, 0.717) is 29.7 Å². The lowest BCUT2D eigenvalue weighted by molar-refractivity contribution is -0.128. The molecule has 1 rings (SSSR count). The van der Waals surface area contributed by atoms with Crippen molar-refractivity contribution >= 4 is 17.5 Å². The summed E-state index contributed by atoms with van der Waals surface area (Å²) in [6.07, 6.45) is 1.13. The van der Waals surface area contributed by atoms with Crippen molar-refractivity contribution in [3.05, 3.63) is 29.3 Å². The second-order valence-electron chi connectivity index (χ2n) is 4.95. The molecule has 106 valence electrons. The lowest BCUT2D eigenvalue weighted by Crippen LogP contribution is -2.38. The molecule has 1 aromatic carbocycles. The standard InChI is InChI=1S/C15H22ClNO2/c1-4-14(15(18)17-9-8-11(2)3)19-13-7-5-6-12(16)10-13/h5-7,10-11,14H,4,8-9H2,1-3H3,(H,17,18)/t14-/m1/s1. The minimum absolute atomic E-state index is 0.0666. The fourth-order valence-electron chi connectivity index (χ4n) is 1.62.